The number of piperidine rings is 1. The first-order valence-corrected chi connectivity index (χ1v) is 6.32. The zero-order valence-electron chi connectivity index (χ0n) is 10.3. The Labute approximate surface area is 103 Å². The highest BCUT2D eigenvalue weighted by Gasteiger charge is 2.17. The van der Waals surface area contributed by atoms with Gasteiger partial charge in [0.05, 0.1) is 0 Å². The van der Waals surface area contributed by atoms with Gasteiger partial charge in [0.2, 0.25) is 0 Å². The molecular formula is C13H20BNO2. The first-order chi connectivity index (χ1) is 8.15. The molecule has 1 aromatic carbocycles. The van der Waals surface area contributed by atoms with Crippen molar-refractivity contribution in [2.24, 2.45) is 5.92 Å². The lowest BCUT2D eigenvalue weighted by atomic mass is 9.79. The molecule has 0 radical (unpaired) electrons. The van der Waals surface area contributed by atoms with Crippen molar-refractivity contribution in [2.75, 3.05) is 13.1 Å². The molecule has 2 N–H and O–H groups in total. The third-order valence-corrected chi connectivity index (χ3v) is 3.40. The Morgan fingerprint density at radius 1 is 1.41 bits per heavy atom. The largest absolute Gasteiger partial charge is 0.488 e. The third kappa shape index (κ3) is 3.56. The summed E-state index contributed by atoms with van der Waals surface area (Å²) in [7, 11) is -1.37. The topological polar surface area (TPSA) is 43.7 Å². The minimum atomic E-state index is -1.37. The van der Waals surface area contributed by atoms with Crippen molar-refractivity contribution >= 4 is 12.6 Å². The van der Waals surface area contributed by atoms with Crippen LogP contribution in [0.25, 0.3) is 0 Å². The van der Waals surface area contributed by atoms with Crippen LogP contribution in [0.15, 0.2) is 24.3 Å². The molecule has 0 aromatic heterocycles. The van der Waals surface area contributed by atoms with Crippen LogP contribution in [0.5, 0.6) is 0 Å². The van der Waals surface area contributed by atoms with E-state index < -0.39 is 7.12 Å². The van der Waals surface area contributed by atoms with E-state index >= 15 is 0 Å². The van der Waals surface area contributed by atoms with Gasteiger partial charge in [-0.1, -0.05) is 31.2 Å². The average molecular weight is 233 g/mol. The molecule has 0 aliphatic carbocycles. The third-order valence-electron chi connectivity index (χ3n) is 3.40. The monoisotopic (exact) mass is 233 g/mol. The van der Waals surface area contributed by atoms with Crippen LogP contribution in [0, 0.1) is 5.92 Å². The number of nitrogens with zero attached hydrogens (tertiary/aromatic N) is 1. The first-order valence-electron chi connectivity index (χ1n) is 6.32. The van der Waals surface area contributed by atoms with E-state index in [1.165, 1.54) is 12.8 Å². The Hall–Kier alpha value is -0.835. The van der Waals surface area contributed by atoms with E-state index in [1.807, 2.05) is 18.2 Å². The van der Waals surface area contributed by atoms with Gasteiger partial charge in [-0.05, 0) is 36.3 Å². The van der Waals surface area contributed by atoms with Gasteiger partial charge in [0.25, 0.3) is 0 Å². The Morgan fingerprint density at radius 2 is 2.24 bits per heavy atom. The maximum atomic E-state index is 9.14. The lowest BCUT2D eigenvalue weighted by Crippen LogP contribution is -2.34. The van der Waals surface area contributed by atoms with Crippen molar-refractivity contribution in [2.45, 2.75) is 26.3 Å². The van der Waals surface area contributed by atoms with Crippen molar-refractivity contribution < 1.29 is 10.0 Å². The summed E-state index contributed by atoms with van der Waals surface area (Å²) in [6.07, 6.45) is 2.59. The average Bonchev–Trinajstić information content (AvgIpc) is 2.29. The molecule has 4 heteroatoms. The van der Waals surface area contributed by atoms with Crippen LogP contribution in [-0.4, -0.2) is 35.2 Å². The minimum Gasteiger partial charge on any atom is -0.423 e. The summed E-state index contributed by atoms with van der Waals surface area (Å²) >= 11 is 0. The quantitative estimate of drug-likeness (QED) is 0.751. The van der Waals surface area contributed by atoms with E-state index in [4.69, 9.17) is 10.0 Å². The summed E-state index contributed by atoms with van der Waals surface area (Å²) < 4.78 is 0. The van der Waals surface area contributed by atoms with E-state index in [0.717, 1.165) is 31.1 Å². The Balaban J connectivity index is 2.00. The minimum absolute atomic E-state index is 0.576. The van der Waals surface area contributed by atoms with Gasteiger partial charge in [-0.2, -0.15) is 0 Å². The molecule has 1 aliphatic rings. The van der Waals surface area contributed by atoms with Crippen LogP contribution in [0.2, 0.25) is 0 Å². The SMILES string of the molecule is CC1CCCN(Cc2cccc(B(O)O)c2)C1. The molecule has 1 unspecified atom stereocenters. The fourth-order valence-electron chi connectivity index (χ4n) is 2.54. The van der Waals surface area contributed by atoms with Crippen LogP contribution in [0.3, 0.4) is 0 Å². The van der Waals surface area contributed by atoms with Crippen molar-refractivity contribution in [3.05, 3.63) is 29.8 Å². The maximum Gasteiger partial charge on any atom is 0.488 e. The van der Waals surface area contributed by atoms with Gasteiger partial charge in [-0.25, -0.2) is 0 Å². The summed E-state index contributed by atoms with van der Waals surface area (Å²) in [6.45, 7) is 5.49. The fraction of sp³-hybridized carbons (Fsp3) is 0.538. The molecule has 92 valence electrons. The molecule has 0 saturated carbocycles. The maximum absolute atomic E-state index is 9.14. The molecule has 1 saturated heterocycles. The van der Waals surface area contributed by atoms with E-state index in [9.17, 15) is 0 Å². The number of likely N-dealkylation sites (tertiary alicyclic amines) is 1. The molecule has 0 spiro atoms. The van der Waals surface area contributed by atoms with E-state index in [1.54, 1.807) is 6.07 Å². The predicted octanol–water partition coefficient (Wildman–Crippen LogP) is 0.598. The smallest absolute Gasteiger partial charge is 0.423 e. The van der Waals surface area contributed by atoms with Crippen LogP contribution >= 0.6 is 0 Å². The van der Waals surface area contributed by atoms with Crippen LogP contribution in [0.1, 0.15) is 25.3 Å². The van der Waals surface area contributed by atoms with Crippen LogP contribution in [0.4, 0.5) is 0 Å². The molecule has 1 heterocycles. The number of rotatable bonds is 3. The fourth-order valence-corrected chi connectivity index (χ4v) is 2.54. The molecule has 1 atom stereocenters. The highest BCUT2D eigenvalue weighted by atomic mass is 16.4. The molecule has 3 nitrogen and oxygen atoms in total. The van der Waals surface area contributed by atoms with Gasteiger partial charge < -0.3 is 10.0 Å². The summed E-state index contributed by atoms with van der Waals surface area (Å²) in [4.78, 5) is 2.44. The highest BCUT2D eigenvalue weighted by Crippen LogP contribution is 2.17. The molecule has 1 aliphatic heterocycles. The lowest BCUT2D eigenvalue weighted by Gasteiger charge is -2.30. The predicted molar refractivity (Wildman–Crippen MR) is 69.9 cm³/mol. The summed E-state index contributed by atoms with van der Waals surface area (Å²) in [5.41, 5.74) is 1.73. The van der Waals surface area contributed by atoms with Gasteiger partial charge >= 0.3 is 7.12 Å². The summed E-state index contributed by atoms with van der Waals surface area (Å²) in [6, 6.07) is 7.56. The molecule has 17 heavy (non-hydrogen) atoms. The summed E-state index contributed by atoms with van der Waals surface area (Å²) in [5, 5.41) is 18.3. The van der Waals surface area contributed by atoms with Crippen LogP contribution in [-0.2, 0) is 6.54 Å². The van der Waals surface area contributed by atoms with Crippen molar-refractivity contribution in [1.82, 2.24) is 4.90 Å². The van der Waals surface area contributed by atoms with Crippen molar-refractivity contribution in [3.63, 3.8) is 0 Å². The number of benzene rings is 1. The second-order valence-electron chi connectivity index (χ2n) is 5.10. The second-order valence-corrected chi connectivity index (χ2v) is 5.10. The van der Waals surface area contributed by atoms with Gasteiger partial charge in [0.15, 0.2) is 0 Å². The second kappa shape index (κ2) is 5.67. The van der Waals surface area contributed by atoms with Gasteiger partial charge in [0, 0.05) is 13.1 Å². The molecule has 1 aromatic rings. The molecule has 1 fully saturated rings. The zero-order valence-corrected chi connectivity index (χ0v) is 10.3. The van der Waals surface area contributed by atoms with Crippen LogP contribution < -0.4 is 5.46 Å². The molecule has 0 amide bonds. The number of hydrogen-bond donors (Lipinski definition) is 2. The Morgan fingerprint density at radius 3 is 2.94 bits per heavy atom. The Bertz CT molecular complexity index is 370. The molecular weight excluding hydrogens is 213 g/mol. The molecule has 2 rings (SSSR count). The Kier molecular flexibility index (Phi) is 4.21. The van der Waals surface area contributed by atoms with Crippen molar-refractivity contribution in [3.8, 4) is 0 Å². The van der Waals surface area contributed by atoms with E-state index in [-0.39, 0.29) is 0 Å². The van der Waals surface area contributed by atoms with Gasteiger partial charge in [0.1, 0.15) is 0 Å². The van der Waals surface area contributed by atoms with Crippen molar-refractivity contribution in [1.29, 1.82) is 0 Å². The molecule has 0 bridgehead atoms. The zero-order chi connectivity index (χ0) is 12.3. The normalized spacial score (nSPS) is 21.5. The highest BCUT2D eigenvalue weighted by molar-refractivity contribution is 6.58. The summed E-state index contributed by atoms with van der Waals surface area (Å²) in [5.74, 6) is 0.773. The van der Waals surface area contributed by atoms with E-state index in [0.29, 0.717) is 5.46 Å². The van der Waals surface area contributed by atoms with Gasteiger partial charge in [-0.15, -0.1) is 0 Å². The van der Waals surface area contributed by atoms with Gasteiger partial charge in [-0.3, -0.25) is 4.90 Å². The van der Waals surface area contributed by atoms with E-state index in [2.05, 4.69) is 11.8 Å². The first kappa shape index (κ1) is 12.6. The lowest BCUT2D eigenvalue weighted by molar-refractivity contribution is 0.176. The number of hydrogen-bond acceptors (Lipinski definition) is 3. The standard InChI is InChI=1S/C13H20BNO2/c1-11-4-3-7-15(9-11)10-12-5-2-6-13(8-12)14(16)17/h2,5-6,8,11,16-17H,3-4,7,9-10H2,1H3.